The molecule has 0 spiro atoms. The van der Waals surface area contributed by atoms with Gasteiger partial charge in [-0.1, -0.05) is 54.6 Å². The molecule has 0 aliphatic heterocycles. The zero-order valence-electron chi connectivity index (χ0n) is 18.8. The predicted octanol–water partition coefficient (Wildman–Crippen LogP) is 7.37. The highest BCUT2D eigenvalue weighted by molar-refractivity contribution is 7.09. The maximum Gasteiger partial charge on any atom is 0.196 e. The van der Waals surface area contributed by atoms with Gasteiger partial charge in [0.1, 0.15) is 11.3 Å². The Morgan fingerprint density at radius 2 is 1.73 bits per heavy atom. The Balaban J connectivity index is 1.64. The minimum atomic E-state index is -0.0871. The minimum absolute atomic E-state index is 0.0114. The van der Waals surface area contributed by atoms with Crippen LogP contribution in [0.2, 0.25) is 0 Å². The van der Waals surface area contributed by atoms with Gasteiger partial charge in [-0.25, -0.2) is 4.37 Å². The quantitative estimate of drug-likeness (QED) is 0.302. The first-order valence-electron chi connectivity index (χ1n) is 10.9. The van der Waals surface area contributed by atoms with Crippen molar-refractivity contribution >= 4 is 28.2 Å². The largest absolute Gasteiger partial charge is 0.455 e. The molecule has 0 fully saturated rings. The zero-order chi connectivity index (χ0) is 22.9. The number of nitrogens with one attached hydrogen (secondary N) is 1. The fourth-order valence-corrected chi connectivity index (χ4v) is 4.88. The summed E-state index contributed by atoms with van der Waals surface area (Å²) in [5.74, 6) is 0.621. The number of fused-ring (bicyclic) bond motifs is 1. The van der Waals surface area contributed by atoms with Crippen molar-refractivity contribution in [3.05, 3.63) is 106 Å². The van der Waals surface area contributed by atoms with E-state index in [4.69, 9.17) is 4.42 Å². The second-order valence-corrected chi connectivity index (χ2v) is 9.10. The van der Waals surface area contributed by atoms with Crippen LogP contribution < -0.4 is 10.7 Å². The first-order chi connectivity index (χ1) is 16.0. The topological polar surface area (TPSA) is 55.1 Å². The Labute approximate surface area is 196 Å². The third-order valence-electron chi connectivity index (χ3n) is 5.90. The van der Waals surface area contributed by atoms with Crippen molar-refractivity contribution in [1.82, 2.24) is 4.37 Å². The van der Waals surface area contributed by atoms with Crippen LogP contribution in [-0.4, -0.2) is 4.37 Å². The van der Waals surface area contributed by atoms with E-state index in [-0.39, 0.29) is 11.5 Å². The maximum absolute atomic E-state index is 13.3. The number of hydrogen-bond acceptors (Lipinski definition) is 5. The molecule has 164 valence electrons. The second kappa shape index (κ2) is 8.68. The third-order valence-corrected chi connectivity index (χ3v) is 6.68. The Morgan fingerprint density at radius 3 is 2.48 bits per heavy atom. The van der Waals surface area contributed by atoms with Gasteiger partial charge in [-0.3, -0.25) is 4.79 Å². The monoisotopic (exact) mass is 452 g/mol. The molecule has 4 nitrogen and oxygen atoms in total. The van der Waals surface area contributed by atoms with E-state index in [1.807, 2.05) is 74.6 Å². The van der Waals surface area contributed by atoms with Crippen LogP contribution in [0.5, 0.6) is 0 Å². The van der Waals surface area contributed by atoms with E-state index >= 15 is 0 Å². The van der Waals surface area contributed by atoms with Crippen molar-refractivity contribution < 1.29 is 4.42 Å². The number of para-hydroxylation sites is 1. The molecular weight excluding hydrogens is 428 g/mol. The van der Waals surface area contributed by atoms with E-state index < -0.39 is 0 Å². The van der Waals surface area contributed by atoms with Crippen molar-refractivity contribution in [2.24, 2.45) is 0 Å². The molecular formula is C28H24N2O2S. The van der Waals surface area contributed by atoms with Crippen LogP contribution in [0.25, 0.3) is 32.7 Å². The SMILES string of the molecule is Cc1cc([C@@H](C)Nc2ccccc2-c2ccns2)c2oc(-c3ccccc3)c(C)c(=O)c2c1. The fourth-order valence-electron chi connectivity index (χ4n) is 4.24. The van der Waals surface area contributed by atoms with Gasteiger partial charge in [-0.2, -0.15) is 0 Å². The number of benzene rings is 3. The van der Waals surface area contributed by atoms with Gasteiger partial charge < -0.3 is 9.73 Å². The zero-order valence-corrected chi connectivity index (χ0v) is 19.6. The molecule has 0 aliphatic carbocycles. The molecule has 2 aromatic heterocycles. The van der Waals surface area contributed by atoms with E-state index in [2.05, 4.69) is 34.8 Å². The molecule has 0 aliphatic rings. The van der Waals surface area contributed by atoms with Gasteiger partial charge >= 0.3 is 0 Å². The summed E-state index contributed by atoms with van der Waals surface area (Å²) in [6.45, 7) is 5.95. The lowest BCUT2D eigenvalue weighted by molar-refractivity contribution is 0.605. The van der Waals surface area contributed by atoms with Gasteiger partial charge in [0.15, 0.2) is 5.43 Å². The molecule has 5 heteroatoms. The van der Waals surface area contributed by atoms with Crippen molar-refractivity contribution in [3.63, 3.8) is 0 Å². The molecule has 3 aromatic carbocycles. The molecule has 0 radical (unpaired) electrons. The van der Waals surface area contributed by atoms with Crippen molar-refractivity contribution in [2.45, 2.75) is 26.8 Å². The summed E-state index contributed by atoms with van der Waals surface area (Å²) < 4.78 is 10.7. The van der Waals surface area contributed by atoms with E-state index in [0.29, 0.717) is 22.3 Å². The smallest absolute Gasteiger partial charge is 0.196 e. The molecule has 2 heterocycles. The average molecular weight is 453 g/mol. The minimum Gasteiger partial charge on any atom is -0.455 e. The molecule has 0 saturated carbocycles. The average Bonchev–Trinajstić information content (AvgIpc) is 3.37. The fraction of sp³-hybridized carbons (Fsp3) is 0.143. The summed E-state index contributed by atoms with van der Waals surface area (Å²) in [6.07, 6.45) is 1.82. The number of rotatable bonds is 5. The molecule has 0 saturated heterocycles. The van der Waals surface area contributed by atoms with Crippen LogP contribution in [0.1, 0.15) is 29.7 Å². The number of nitrogens with zero attached hydrogens (tertiary/aromatic N) is 1. The van der Waals surface area contributed by atoms with E-state index in [1.54, 1.807) is 0 Å². The number of aromatic nitrogens is 1. The first kappa shape index (κ1) is 21.2. The van der Waals surface area contributed by atoms with Gasteiger partial charge in [-0.05, 0) is 56.1 Å². The highest BCUT2D eigenvalue weighted by Gasteiger charge is 2.19. The molecule has 0 unspecified atom stereocenters. The normalized spacial score (nSPS) is 12.1. The Morgan fingerprint density at radius 1 is 0.970 bits per heavy atom. The molecule has 0 amide bonds. The maximum atomic E-state index is 13.3. The Bertz CT molecular complexity index is 1490. The van der Waals surface area contributed by atoms with Gasteiger partial charge in [0.05, 0.1) is 16.3 Å². The summed E-state index contributed by atoms with van der Waals surface area (Å²) in [4.78, 5) is 14.4. The summed E-state index contributed by atoms with van der Waals surface area (Å²) >= 11 is 1.47. The molecule has 1 N–H and O–H groups in total. The highest BCUT2D eigenvalue weighted by Crippen LogP contribution is 2.35. The van der Waals surface area contributed by atoms with Crippen LogP contribution in [0.4, 0.5) is 5.69 Å². The Hall–Kier alpha value is -3.70. The number of hydrogen-bond donors (Lipinski definition) is 1. The number of anilines is 1. The first-order valence-corrected chi connectivity index (χ1v) is 11.7. The van der Waals surface area contributed by atoms with E-state index in [9.17, 15) is 4.79 Å². The molecule has 5 aromatic rings. The van der Waals surface area contributed by atoms with E-state index in [1.165, 1.54) is 11.5 Å². The molecule has 1 atom stereocenters. The summed E-state index contributed by atoms with van der Waals surface area (Å²) in [5.41, 5.74) is 6.27. The van der Waals surface area contributed by atoms with Crippen molar-refractivity contribution in [1.29, 1.82) is 0 Å². The van der Waals surface area contributed by atoms with Crippen LogP contribution in [0, 0.1) is 13.8 Å². The third kappa shape index (κ3) is 3.96. The summed E-state index contributed by atoms with van der Waals surface area (Å²) in [7, 11) is 0. The lowest BCUT2D eigenvalue weighted by atomic mass is 9.98. The van der Waals surface area contributed by atoms with Crippen molar-refractivity contribution in [3.8, 4) is 21.8 Å². The lowest BCUT2D eigenvalue weighted by Gasteiger charge is -2.20. The molecule has 0 bridgehead atoms. The number of aryl methyl sites for hydroxylation is 1. The standard InChI is InChI=1S/C28H24N2O2S/c1-17-15-22(19(3)30-24-12-8-7-11-21(24)25-13-14-29-33-25)28-23(16-17)26(31)18(2)27(32-28)20-9-5-4-6-10-20/h4-16,19,30H,1-3H3/t19-/m1/s1. The van der Waals surface area contributed by atoms with Crippen LogP contribution in [0.3, 0.4) is 0 Å². The second-order valence-electron chi connectivity index (χ2n) is 8.27. The van der Waals surface area contributed by atoms with Crippen LogP contribution in [0.15, 0.2) is 88.2 Å². The summed E-state index contributed by atoms with van der Waals surface area (Å²) in [6, 6.07) is 24.0. The van der Waals surface area contributed by atoms with Gasteiger partial charge in [0.25, 0.3) is 0 Å². The van der Waals surface area contributed by atoms with Crippen LogP contribution in [-0.2, 0) is 0 Å². The summed E-state index contributed by atoms with van der Waals surface area (Å²) in [5, 5.41) is 4.26. The highest BCUT2D eigenvalue weighted by atomic mass is 32.1. The Kier molecular flexibility index (Phi) is 5.56. The van der Waals surface area contributed by atoms with Gasteiger partial charge in [-0.15, -0.1) is 0 Å². The molecule has 5 rings (SSSR count). The van der Waals surface area contributed by atoms with Crippen molar-refractivity contribution in [2.75, 3.05) is 5.32 Å². The van der Waals surface area contributed by atoms with Gasteiger partial charge in [0, 0.05) is 34.1 Å². The predicted molar refractivity (Wildman–Crippen MR) is 137 cm³/mol. The van der Waals surface area contributed by atoms with Gasteiger partial charge in [0.2, 0.25) is 0 Å². The molecule has 33 heavy (non-hydrogen) atoms. The lowest BCUT2D eigenvalue weighted by Crippen LogP contribution is -2.12. The van der Waals surface area contributed by atoms with Crippen LogP contribution >= 0.6 is 11.5 Å². The van der Waals surface area contributed by atoms with E-state index in [0.717, 1.165) is 32.8 Å².